The lowest BCUT2D eigenvalue weighted by Gasteiger charge is -2.49. The van der Waals surface area contributed by atoms with Crippen LogP contribution in [0.1, 0.15) is 20.8 Å². The Kier molecular flexibility index (Phi) is 4.42. The average Bonchev–Trinajstić information content (AvgIpc) is 2.37. The largest absolute Gasteiger partial charge is 0.377 e. The minimum atomic E-state index is -3.44. The van der Waals surface area contributed by atoms with Crippen LogP contribution in [0.3, 0.4) is 0 Å². The Morgan fingerprint density at radius 2 is 2.00 bits per heavy atom. The number of amides is 1. The van der Waals surface area contributed by atoms with Crippen LogP contribution in [0.15, 0.2) is 11.0 Å². The molecule has 6 nitrogen and oxygen atoms in total. The first-order valence-corrected chi connectivity index (χ1v) is 8.85. The summed E-state index contributed by atoms with van der Waals surface area (Å²) < 4.78 is 23.6. The molecule has 2 atom stereocenters. The second kappa shape index (κ2) is 5.58. The summed E-state index contributed by atoms with van der Waals surface area (Å²) in [6.07, 6.45) is 0. The monoisotopic (exact) mass is 306 g/mol. The maximum Gasteiger partial charge on any atom is 0.377 e. The molecule has 0 radical (unpaired) electrons. The van der Waals surface area contributed by atoms with Gasteiger partial charge in [-0.15, -0.1) is 11.8 Å². The van der Waals surface area contributed by atoms with E-state index >= 15 is 0 Å². The van der Waals surface area contributed by atoms with E-state index in [9.17, 15) is 9.36 Å². The van der Waals surface area contributed by atoms with Crippen molar-refractivity contribution in [3.8, 4) is 0 Å². The second-order valence-corrected chi connectivity index (χ2v) is 7.41. The van der Waals surface area contributed by atoms with Crippen molar-refractivity contribution in [3.63, 3.8) is 0 Å². The topological polar surface area (TPSA) is 81.9 Å². The van der Waals surface area contributed by atoms with Crippen molar-refractivity contribution in [2.45, 2.75) is 32.2 Å². The van der Waals surface area contributed by atoms with Gasteiger partial charge in [-0.2, -0.15) is 0 Å². The third-order valence-electron chi connectivity index (χ3n) is 3.02. The smallest absolute Gasteiger partial charge is 0.317 e. The highest BCUT2D eigenvalue weighted by atomic mass is 32.2. The van der Waals surface area contributed by atoms with E-state index in [1.165, 1.54) is 4.90 Å². The summed E-state index contributed by atoms with van der Waals surface area (Å²) in [5, 5.41) is -0.152. The third kappa shape index (κ3) is 2.38. The van der Waals surface area contributed by atoms with Gasteiger partial charge in [0, 0.05) is 5.75 Å². The first kappa shape index (κ1) is 15.1. The molecule has 0 bridgehead atoms. The molecule has 1 saturated heterocycles. The van der Waals surface area contributed by atoms with E-state index in [0.29, 0.717) is 11.2 Å². The summed E-state index contributed by atoms with van der Waals surface area (Å²) in [6.45, 7) is 5.88. The first-order chi connectivity index (χ1) is 8.96. The van der Waals surface area contributed by atoms with Crippen LogP contribution in [-0.4, -0.2) is 41.2 Å². The Labute approximate surface area is 117 Å². The van der Waals surface area contributed by atoms with Gasteiger partial charge in [0.15, 0.2) is 0 Å². The number of carbonyl (C=O) groups is 1. The fourth-order valence-electron chi connectivity index (χ4n) is 2.24. The number of hydrogen-bond donors (Lipinski definition) is 1. The van der Waals surface area contributed by atoms with Crippen molar-refractivity contribution in [1.29, 1.82) is 0 Å². The fourth-order valence-corrected chi connectivity index (χ4v) is 5.69. The van der Waals surface area contributed by atoms with Gasteiger partial charge in [-0.1, -0.05) is 0 Å². The van der Waals surface area contributed by atoms with E-state index in [1.54, 1.807) is 25.6 Å². The normalized spacial score (nSPS) is 27.4. The summed E-state index contributed by atoms with van der Waals surface area (Å²) in [4.78, 5) is 13.4. The summed E-state index contributed by atoms with van der Waals surface area (Å²) in [7, 11) is -3.44. The number of fused-ring (bicyclic) bond motifs is 1. The molecule has 0 aromatic carbocycles. The predicted octanol–water partition coefficient (Wildman–Crippen LogP) is 1.73. The zero-order chi connectivity index (χ0) is 14.2. The lowest BCUT2D eigenvalue weighted by molar-refractivity contribution is -0.140. The van der Waals surface area contributed by atoms with Crippen molar-refractivity contribution in [1.82, 2.24) is 4.90 Å². The minimum Gasteiger partial charge on any atom is -0.317 e. The Bertz CT molecular complexity index is 458. The van der Waals surface area contributed by atoms with Gasteiger partial charge in [0.25, 0.3) is 0 Å². The van der Waals surface area contributed by atoms with Crippen LogP contribution in [-0.2, 0) is 18.4 Å². The molecule has 19 heavy (non-hydrogen) atoms. The number of nitrogens with zero attached hydrogens (tertiary/aromatic N) is 1. The van der Waals surface area contributed by atoms with Gasteiger partial charge in [0.2, 0.25) is 5.91 Å². The Morgan fingerprint density at radius 3 is 2.53 bits per heavy atom. The molecule has 2 N–H and O–H groups in total. The van der Waals surface area contributed by atoms with Gasteiger partial charge >= 0.3 is 7.60 Å². The molecule has 2 aliphatic rings. The van der Waals surface area contributed by atoms with E-state index in [-0.39, 0.29) is 24.5 Å². The highest BCUT2D eigenvalue weighted by Gasteiger charge is 2.54. The van der Waals surface area contributed by atoms with Crippen molar-refractivity contribution >= 4 is 25.3 Å². The molecule has 0 saturated carbocycles. The SMILES string of the molecule is CCOP(=O)(OCC)C1=C(C)CS[C@@H]2[C@H](N)C(=O)N12. The molecule has 2 aliphatic heterocycles. The minimum absolute atomic E-state index is 0.152. The maximum atomic E-state index is 12.9. The van der Waals surface area contributed by atoms with E-state index < -0.39 is 13.6 Å². The summed E-state index contributed by atoms with van der Waals surface area (Å²) in [5.41, 5.74) is 7.02. The van der Waals surface area contributed by atoms with Gasteiger partial charge in [0.1, 0.15) is 16.9 Å². The van der Waals surface area contributed by atoms with Gasteiger partial charge < -0.3 is 14.8 Å². The van der Waals surface area contributed by atoms with Crippen molar-refractivity contribution in [3.05, 3.63) is 11.0 Å². The molecule has 0 aromatic rings. The molecule has 0 aromatic heterocycles. The van der Waals surface area contributed by atoms with E-state index in [2.05, 4.69) is 0 Å². The van der Waals surface area contributed by atoms with Crippen molar-refractivity contribution in [2.75, 3.05) is 19.0 Å². The molecule has 1 amide bonds. The van der Waals surface area contributed by atoms with Gasteiger partial charge in [-0.25, -0.2) is 0 Å². The van der Waals surface area contributed by atoms with Gasteiger partial charge in [-0.05, 0) is 26.3 Å². The Balaban J connectivity index is 2.39. The number of hydrogen-bond acceptors (Lipinski definition) is 6. The van der Waals surface area contributed by atoms with Gasteiger partial charge in [0.05, 0.1) is 13.2 Å². The zero-order valence-corrected chi connectivity index (χ0v) is 13.0. The molecule has 2 rings (SSSR count). The number of rotatable bonds is 5. The van der Waals surface area contributed by atoms with Crippen LogP contribution in [0.5, 0.6) is 0 Å². The highest BCUT2D eigenvalue weighted by molar-refractivity contribution is 8.00. The molecule has 0 aliphatic carbocycles. The maximum absolute atomic E-state index is 12.9. The molecular formula is C11H19N2O4PS. The highest BCUT2D eigenvalue weighted by Crippen LogP contribution is 2.62. The molecule has 8 heteroatoms. The molecule has 0 unspecified atom stereocenters. The molecular weight excluding hydrogens is 287 g/mol. The molecule has 108 valence electrons. The summed E-state index contributed by atoms with van der Waals surface area (Å²) in [5.74, 6) is 0.466. The standard InChI is InChI=1S/C11H19N2O4PS/c1-4-16-18(15,17-5-2)10-7(3)6-19-11-8(12)9(14)13(10)11/h8,11H,4-6,12H2,1-3H3/t8-,11-/m1/s1. The Hall–Kier alpha value is -0.330. The number of thioether (sulfide) groups is 1. The van der Waals surface area contributed by atoms with E-state index in [1.807, 2.05) is 6.92 Å². The van der Waals surface area contributed by atoms with Crippen molar-refractivity contribution < 1.29 is 18.4 Å². The Morgan fingerprint density at radius 1 is 1.42 bits per heavy atom. The summed E-state index contributed by atoms with van der Waals surface area (Å²) >= 11 is 1.58. The quantitative estimate of drug-likeness (QED) is 0.615. The average molecular weight is 306 g/mol. The lowest BCUT2D eigenvalue weighted by Crippen LogP contribution is -2.67. The molecule has 0 spiro atoms. The van der Waals surface area contributed by atoms with Crippen LogP contribution in [0, 0.1) is 0 Å². The summed E-state index contributed by atoms with van der Waals surface area (Å²) in [6, 6.07) is -0.523. The zero-order valence-electron chi connectivity index (χ0n) is 11.3. The number of β-lactam (4-membered cyclic amide) rings is 1. The number of carbonyl (C=O) groups excluding carboxylic acids is 1. The number of nitrogens with two attached hydrogens (primary N) is 1. The van der Waals surface area contributed by atoms with Crippen LogP contribution in [0.4, 0.5) is 0 Å². The second-order valence-electron chi connectivity index (χ2n) is 4.37. The third-order valence-corrected chi connectivity index (χ3v) is 6.78. The molecule has 2 heterocycles. The van der Waals surface area contributed by atoms with Crippen LogP contribution in [0.2, 0.25) is 0 Å². The molecule has 1 fully saturated rings. The van der Waals surface area contributed by atoms with Crippen LogP contribution in [0.25, 0.3) is 0 Å². The lowest BCUT2D eigenvalue weighted by atomic mass is 10.1. The van der Waals surface area contributed by atoms with Crippen LogP contribution < -0.4 is 5.73 Å². The van der Waals surface area contributed by atoms with E-state index in [4.69, 9.17) is 14.8 Å². The van der Waals surface area contributed by atoms with Crippen molar-refractivity contribution in [2.24, 2.45) is 5.73 Å². The predicted molar refractivity (Wildman–Crippen MR) is 74.6 cm³/mol. The van der Waals surface area contributed by atoms with Crippen LogP contribution >= 0.6 is 19.4 Å². The van der Waals surface area contributed by atoms with Gasteiger partial charge in [-0.3, -0.25) is 14.3 Å². The first-order valence-electron chi connectivity index (χ1n) is 6.26. The fraction of sp³-hybridized carbons (Fsp3) is 0.727. The van der Waals surface area contributed by atoms with E-state index in [0.717, 1.165) is 5.57 Å².